The first-order chi connectivity index (χ1) is 20.4. The summed E-state index contributed by atoms with van der Waals surface area (Å²) in [6.07, 6.45) is 3.40. The van der Waals surface area contributed by atoms with Crippen LogP contribution in [0.1, 0.15) is 81.2 Å². The normalized spacial score (nSPS) is 14.4. The van der Waals surface area contributed by atoms with Crippen molar-refractivity contribution in [1.29, 1.82) is 0 Å². The van der Waals surface area contributed by atoms with Crippen molar-refractivity contribution in [2.45, 2.75) is 79.5 Å². The van der Waals surface area contributed by atoms with Crippen LogP contribution in [0, 0.1) is 6.92 Å². The number of carbonyl (C=O) groups is 2. The Balaban J connectivity index is 1.44. The van der Waals surface area contributed by atoms with Gasteiger partial charge in [-0.3, -0.25) is 14.5 Å². The maximum absolute atomic E-state index is 13.6. The molecule has 0 bridgehead atoms. The molecule has 1 aromatic carbocycles. The second kappa shape index (κ2) is 13.7. The van der Waals surface area contributed by atoms with Crippen molar-refractivity contribution < 1.29 is 19.1 Å². The standard InChI is InChI=1S/C33H47N5O5/c1-8-9-24-18-23(4)35-31(40)28(24)21-34-30(39)27-19-25(20-29-26(27)10-11-38(29)22(2)3)42-17-16-36-12-14-37(15-13-36)32(41)43-33(5,6)7/h10-11,18-20,22H,8-9,12-17,21H2,1-7H3,(H,34,39)(H,35,40). The average molecular weight is 594 g/mol. The topological polar surface area (TPSA) is 109 Å². The van der Waals surface area contributed by atoms with Crippen molar-refractivity contribution in [3.63, 3.8) is 0 Å². The van der Waals surface area contributed by atoms with Gasteiger partial charge in [0.1, 0.15) is 18.0 Å². The smallest absolute Gasteiger partial charge is 0.410 e. The molecule has 1 fully saturated rings. The number of carbonyl (C=O) groups excluding carboxylic acids is 2. The van der Waals surface area contributed by atoms with E-state index in [4.69, 9.17) is 9.47 Å². The molecule has 0 aliphatic carbocycles. The third kappa shape index (κ3) is 8.19. The quantitative estimate of drug-likeness (QED) is 0.341. The van der Waals surface area contributed by atoms with Gasteiger partial charge in [0.25, 0.3) is 11.5 Å². The van der Waals surface area contributed by atoms with Crippen molar-refractivity contribution in [2.24, 2.45) is 0 Å². The molecule has 0 atom stereocenters. The SMILES string of the molecule is CCCc1cc(C)[nH]c(=O)c1CNC(=O)c1cc(OCCN2CCN(C(=O)OC(C)(C)C)CC2)cc2c1ccn2C(C)C. The molecule has 10 nitrogen and oxygen atoms in total. The van der Waals surface area contributed by atoms with Crippen LogP contribution in [0.3, 0.4) is 0 Å². The van der Waals surface area contributed by atoms with E-state index in [0.29, 0.717) is 43.1 Å². The van der Waals surface area contributed by atoms with Crippen LogP contribution in [-0.2, 0) is 17.7 Å². The molecule has 10 heteroatoms. The molecular formula is C33H47N5O5. The first-order valence-electron chi connectivity index (χ1n) is 15.3. The number of rotatable bonds is 10. The van der Waals surface area contributed by atoms with E-state index in [0.717, 1.165) is 48.1 Å². The van der Waals surface area contributed by atoms with Gasteiger partial charge in [-0.25, -0.2) is 4.79 Å². The molecule has 2 aromatic heterocycles. The summed E-state index contributed by atoms with van der Waals surface area (Å²) in [5.74, 6) is 0.364. The molecule has 234 valence electrons. The molecule has 1 aliphatic rings. The monoisotopic (exact) mass is 593 g/mol. The number of aromatic nitrogens is 2. The summed E-state index contributed by atoms with van der Waals surface area (Å²) in [6.45, 7) is 17.7. The minimum Gasteiger partial charge on any atom is -0.492 e. The van der Waals surface area contributed by atoms with E-state index in [1.807, 2.05) is 52.1 Å². The van der Waals surface area contributed by atoms with Crippen LogP contribution in [-0.4, -0.2) is 76.3 Å². The predicted octanol–water partition coefficient (Wildman–Crippen LogP) is 5.03. The number of ether oxygens (including phenoxy) is 2. The Morgan fingerprint density at radius 3 is 2.47 bits per heavy atom. The predicted molar refractivity (Wildman–Crippen MR) is 169 cm³/mol. The Morgan fingerprint density at radius 2 is 1.81 bits per heavy atom. The van der Waals surface area contributed by atoms with Crippen molar-refractivity contribution in [1.82, 2.24) is 24.7 Å². The lowest BCUT2D eigenvalue weighted by molar-refractivity contribution is 0.0137. The first kappa shape index (κ1) is 32.1. The highest BCUT2D eigenvalue weighted by molar-refractivity contribution is 6.07. The molecule has 0 saturated carbocycles. The number of hydrogen-bond acceptors (Lipinski definition) is 6. The Labute approximate surface area is 254 Å². The maximum Gasteiger partial charge on any atom is 0.410 e. The minimum absolute atomic E-state index is 0.149. The Bertz CT molecular complexity index is 1490. The van der Waals surface area contributed by atoms with Gasteiger partial charge in [0.05, 0.1) is 11.1 Å². The molecule has 2 N–H and O–H groups in total. The molecule has 3 heterocycles. The van der Waals surface area contributed by atoms with Crippen molar-refractivity contribution in [2.75, 3.05) is 39.3 Å². The Hall–Kier alpha value is -3.79. The average Bonchev–Trinajstić information content (AvgIpc) is 3.36. The van der Waals surface area contributed by atoms with E-state index < -0.39 is 5.60 Å². The van der Waals surface area contributed by atoms with E-state index in [9.17, 15) is 14.4 Å². The number of pyridine rings is 1. The molecule has 2 amide bonds. The second-order valence-corrected chi connectivity index (χ2v) is 12.6. The van der Waals surface area contributed by atoms with Gasteiger partial charge in [-0.05, 0) is 71.7 Å². The molecule has 0 spiro atoms. The lowest BCUT2D eigenvalue weighted by atomic mass is 10.0. The number of aromatic amines is 1. The zero-order valence-corrected chi connectivity index (χ0v) is 26.7. The van der Waals surface area contributed by atoms with Crippen molar-refractivity contribution in [3.8, 4) is 5.75 Å². The van der Waals surface area contributed by atoms with E-state index >= 15 is 0 Å². The van der Waals surface area contributed by atoms with Gasteiger partial charge in [0.2, 0.25) is 0 Å². The molecule has 0 unspecified atom stereocenters. The van der Waals surface area contributed by atoms with Gasteiger partial charge < -0.3 is 29.2 Å². The van der Waals surface area contributed by atoms with Crippen LogP contribution in [0.4, 0.5) is 4.79 Å². The van der Waals surface area contributed by atoms with Gasteiger partial charge in [0.15, 0.2) is 0 Å². The highest BCUT2D eigenvalue weighted by atomic mass is 16.6. The minimum atomic E-state index is -0.509. The summed E-state index contributed by atoms with van der Waals surface area (Å²) in [4.78, 5) is 45.5. The Kier molecular flexibility index (Phi) is 10.2. The lowest BCUT2D eigenvalue weighted by Gasteiger charge is -2.35. The summed E-state index contributed by atoms with van der Waals surface area (Å²) >= 11 is 0. The zero-order valence-electron chi connectivity index (χ0n) is 26.7. The number of piperazine rings is 1. The number of nitrogens with zero attached hydrogens (tertiary/aromatic N) is 3. The van der Waals surface area contributed by atoms with Gasteiger partial charge in [-0.1, -0.05) is 13.3 Å². The molecule has 3 aromatic rings. The lowest BCUT2D eigenvalue weighted by Crippen LogP contribution is -2.50. The van der Waals surface area contributed by atoms with E-state index in [-0.39, 0.29) is 30.1 Å². The zero-order chi connectivity index (χ0) is 31.3. The van der Waals surface area contributed by atoms with Gasteiger partial charge in [-0.15, -0.1) is 0 Å². The highest BCUT2D eigenvalue weighted by Gasteiger charge is 2.26. The van der Waals surface area contributed by atoms with Gasteiger partial charge in [-0.2, -0.15) is 0 Å². The fourth-order valence-electron chi connectivity index (χ4n) is 5.47. The molecule has 4 rings (SSSR count). The third-order valence-corrected chi connectivity index (χ3v) is 7.62. The largest absolute Gasteiger partial charge is 0.492 e. The summed E-state index contributed by atoms with van der Waals surface area (Å²) in [5, 5.41) is 3.83. The number of amides is 2. The van der Waals surface area contributed by atoms with Crippen molar-refractivity contribution >= 4 is 22.9 Å². The van der Waals surface area contributed by atoms with Crippen LogP contribution < -0.4 is 15.6 Å². The number of H-pyrrole nitrogens is 1. The fourth-order valence-corrected chi connectivity index (χ4v) is 5.47. The van der Waals surface area contributed by atoms with Crippen LogP contribution >= 0.6 is 0 Å². The molecule has 1 saturated heterocycles. The second-order valence-electron chi connectivity index (χ2n) is 12.6. The Morgan fingerprint density at radius 1 is 1.09 bits per heavy atom. The van der Waals surface area contributed by atoms with Gasteiger partial charge >= 0.3 is 6.09 Å². The first-order valence-corrected chi connectivity index (χ1v) is 15.3. The number of fused-ring (bicyclic) bond motifs is 1. The summed E-state index contributed by atoms with van der Waals surface area (Å²) in [5.41, 5.74) is 3.13. The maximum atomic E-state index is 13.6. The molecule has 43 heavy (non-hydrogen) atoms. The van der Waals surface area contributed by atoms with Crippen LogP contribution in [0.15, 0.2) is 35.3 Å². The number of nitrogens with one attached hydrogen (secondary N) is 2. The summed E-state index contributed by atoms with van der Waals surface area (Å²) in [6, 6.07) is 7.91. The third-order valence-electron chi connectivity index (χ3n) is 7.62. The molecule has 0 radical (unpaired) electrons. The van der Waals surface area contributed by atoms with Crippen LogP contribution in [0.2, 0.25) is 0 Å². The van der Waals surface area contributed by atoms with E-state index in [1.54, 1.807) is 11.0 Å². The van der Waals surface area contributed by atoms with Crippen LogP contribution in [0.5, 0.6) is 5.75 Å². The number of benzene rings is 1. The fraction of sp³-hybridized carbons (Fsp3) is 0.545. The molecule has 1 aliphatic heterocycles. The van der Waals surface area contributed by atoms with Crippen LogP contribution in [0.25, 0.3) is 10.9 Å². The van der Waals surface area contributed by atoms with E-state index in [1.165, 1.54) is 0 Å². The number of hydrogen-bond donors (Lipinski definition) is 2. The summed E-state index contributed by atoms with van der Waals surface area (Å²) < 4.78 is 13.8. The van der Waals surface area contributed by atoms with Crippen molar-refractivity contribution in [3.05, 3.63) is 63.2 Å². The number of aryl methyl sites for hydroxylation is 2. The van der Waals surface area contributed by atoms with Gasteiger partial charge in [0, 0.05) is 74.2 Å². The highest BCUT2D eigenvalue weighted by Crippen LogP contribution is 2.29. The summed E-state index contributed by atoms with van der Waals surface area (Å²) in [7, 11) is 0. The van der Waals surface area contributed by atoms with E-state index in [2.05, 4.69) is 40.5 Å². The molecular weight excluding hydrogens is 546 g/mol.